The Labute approximate surface area is 116 Å². The van der Waals surface area contributed by atoms with E-state index in [1.165, 1.54) is 12.1 Å². The number of hydrogen-bond acceptors (Lipinski definition) is 5. The van der Waals surface area contributed by atoms with Crippen LogP contribution in [0.5, 0.6) is 11.5 Å². The molecule has 2 heterocycles. The quantitative estimate of drug-likeness (QED) is 0.925. The Hall–Kier alpha value is -2.21. The van der Waals surface area contributed by atoms with Gasteiger partial charge in [0.05, 0.1) is 12.4 Å². The number of rotatable bonds is 3. The summed E-state index contributed by atoms with van der Waals surface area (Å²) in [5, 5.41) is 3.28. The summed E-state index contributed by atoms with van der Waals surface area (Å²) >= 11 is 0. The first-order valence-electron chi connectivity index (χ1n) is 6.52. The van der Waals surface area contributed by atoms with Crippen LogP contribution < -0.4 is 15.0 Å². The third-order valence-corrected chi connectivity index (χ3v) is 3.06. The molecule has 1 fully saturated rings. The molecule has 0 radical (unpaired) electrons. The second-order valence-corrected chi connectivity index (χ2v) is 4.51. The molecule has 3 rings (SSSR count). The molecule has 1 saturated heterocycles. The Morgan fingerprint density at radius 1 is 1.00 bits per heavy atom. The van der Waals surface area contributed by atoms with Gasteiger partial charge >= 0.3 is 0 Å². The highest BCUT2D eigenvalue weighted by molar-refractivity contribution is 5.34. The molecular weight excluding hydrogens is 259 g/mol. The van der Waals surface area contributed by atoms with Crippen LogP contribution in [0.25, 0.3) is 0 Å². The van der Waals surface area contributed by atoms with Gasteiger partial charge in [-0.2, -0.15) is 0 Å². The molecule has 1 N–H and O–H groups in total. The lowest BCUT2D eigenvalue weighted by molar-refractivity contribution is 0.474. The van der Waals surface area contributed by atoms with E-state index in [2.05, 4.69) is 20.2 Å². The smallest absolute Gasteiger partial charge is 0.225 e. The molecule has 0 bridgehead atoms. The summed E-state index contributed by atoms with van der Waals surface area (Å²) < 4.78 is 18.3. The predicted octanol–water partition coefficient (Wildman–Crippen LogP) is 1.82. The van der Waals surface area contributed by atoms with E-state index in [9.17, 15) is 4.39 Å². The van der Waals surface area contributed by atoms with Crippen molar-refractivity contribution in [1.29, 1.82) is 0 Å². The lowest BCUT2D eigenvalue weighted by Gasteiger charge is -2.27. The molecule has 0 amide bonds. The molecule has 1 aromatic carbocycles. The van der Waals surface area contributed by atoms with Gasteiger partial charge in [0.25, 0.3) is 0 Å². The van der Waals surface area contributed by atoms with Crippen molar-refractivity contribution in [3.63, 3.8) is 0 Å². The maximum atomic E-state index is 12.8. The Morgan fingerprint density at radius 3 is 2.30 bits per heavy atom. The van der Waals surface area contributed by atoms with E-state index in [1.807, 2.05) is 0 Å². The zero-order chi connectivity index (χ0) is 13.8. The van der Waals surface area contributed by atoms with Gasteiger partial charge in [0, 0.05) is 26.2 Å². The average molecular weight is 274 g/mol. The molecule has 0 aliphatic carbocycles. The molecule has 0 spiro atoms. The van der Waals surface area contributed by atoms with Gasteiger partial charge in [-0.25, -0.2) is 14.4 Å². The van der Waals surface area contributed by atoms with Crippen molar-refractivity contribution in [3.8, 4) is 11.5 Å². The molecule has 1 aliphatic rings. The van der Waals surface area contributed by atoms with Gasteiger partial charge < -0.3 is 15.0 Å². The second kappa shape index (κ2) is 5.83. The molecule has 5 nitrogen and oxygen atoms in total. The van der Waals surface area contributed by atoms with E-state index >= 15 is 0 Å². The highest BCUT2D eigenvalue weighted by atomic mass is 19.1. The van der Waals surface area contributed by atoms with Crippen LogP contribution in [0.1, 0.15) is 0 Å². The van der Waals surface area contributed by atoms with Crippen LogP contribution in [0.4, 0.5) is 10.3 Å². The van der Waals surface area contributed by atoms with Gasteiger partial charge in [-0.3, -0.25) is 0 Å². The van der Waals surface area contributed by atoms with Crippen LogP contribution in [0.15, 0.2) is 36.7 Å². The molecule has 1 aliphatic heterocycles. The molecule has 2 aromatic rings. The van der Waals surface area contributed by atoms with Crippen LogP contribution >= 0.6 is 0 Å². The topological polar surface area (TPSA) is 50.3 Å². The van der Waals surface area contributed by atoms with Gasteiger partial charge in [0.1, 0.15) is 11.6 Å². The van der Waals surface area contributed by atoms with E-state index in [0.29, 0.717) is 17.4 Å². The maximum Gasteiger partial charge on any atom is 0.225 e. The van der Waals surface area contributed by atoms with Gasteiger partial charge in [-0.1, -0.05) is 0 Å². The van der Waals surface area contributed by atoms with Gasteiger partial charge in [-0.05, 0) is 24.3 Å². The van der Waals surface area contributed by atoms with Crippen LogP contribution in [0.3, 0.4) is 0 Å². The van der Waals surface area contributed by atoms with E-state index in [1.54, 1.807) is 24.5 Å². The minimum atomic E-state index is -0.289. The number of benzene rings is 1. The van der Waals surface area contributed by atoms with Crippen LogP contribution in [-0.4, -0.2) is 36.1 Å². The Kier molecular flexibility index (Phi) is 3.73. The van der Waals surface area contributed by atoms with Crippen molar-refractivity contribution in [3.05, 3.63) is 42.5 Å². The SMILES string of the molecule is Fc1ccc(Oc2cnc(N3CCNCC3)nc2)cc1. The van der Waals surface area contributed by atoms with Crippen molar-refractivity contribution in [1.82, 2.24) is 15.3 Å². The van der Waals surface area contributed by atoms with Gasteiger partial charge in [-0.15, -0.1) is 0 Å². The summed E-state index contributed by atoms with van der Waals surface area (Å²) in [6, 6.07) is 5.84. The average Bonchev–Trinajstić information content (AvgIpc) is 2.51. The number of anilines is 1. The van der Waals surface area contributed by atoms with Crippen LogP contribution in [0.2, 0.25) is 0 Å². The zero-order valence-electron chi connectivity index (χ0n) is 10.9. The summed E-state index contributed by atoms with van der Waals surface area (Å²) in [6.07, 6.45) is 3.27. The molecule has 0 atom stereocenters. The normalized spacial score (nSPS) is 15.2. The standard InChI is InChI=1S/C14H15FN4O/c15-11-1-3-12(4-2-11)20-13-9-17-14(18-10-13)19-7-5-16-6-8-19/h1-4,9-10,16H,5-8H2. The summed E-state index contributed by atoms with van der Waals surface area (Å²) in [5.74, 6) is 1.51. The molecular formula is C14H15FN4O. The number of hydrogen-bond donors (Lipinski definition) is 1. The number of nitrogens with zero attached hydrogens (tertiary/aromatic N) is 3. The van der Waals surface area contributed by atoms with Crippen molar-refractivity contribution in [2.75, 3.05) is 31.1 Å². The Bertz CT molecular complexity index is 552. The summed E-state index contributed by atoms with van der Waals surface area (Å²) in [4.78, 5) is 10.7. The maximum absolute atomic E-state index is 12.8. The minimum Gasteiger partial charge on any atom is -0.454 e. The zero-order valence-corrected chi connectivity index (χ0v) is 10.9. The monoisotopic (exact) mass is 274 g/mol. The molecule has 104 valence electrons. The predicted molar refractivity (Wildman–Crippen MR) is 73.6 cm³/mol. The molecule has 6 heteroatoms. The van der Waals surface area contributed by atoms with Crippen molar-refractivity contribution in [2.45, 2.75) is 0 Å². The highest BCUT2D eigenvalue weighted by Crippen LogP contribution is 2.21. The summed E-state index contributed by atoms with van der Waals surface area (Å²) in [5.41, 5.74) is 0. The minimum absolute atomic E-state index is 0.289. The highest BCUT2D eigenvalue weighted by Gasteiger charge is 2.12. The van der Waals surface area contributed by atoms with E-state index in [4.69, 9.17) is 4.74 Å². The third kappa shape index (κ3) is 3.03. The van der Waals surface area contributed by atoms with Crippen LogP contribution in [-0.2, 0) is 0 Å². The fourth-order valence-corrected chi connectivity index (χ4v) is 2.03. The van der Waals surface area contributed by atoms with Crippen molar-refractivity contribution < 1.29 is 9.13 Å². The lowest BCUT2D eigenvalue weighted by atomic mass is 10.3. The number of nitrogens with one attached hydrogen (secondary N) is 1. The van der Waals surface area contributed by atoms with E-state index < -0.39 is 0 Å². The second-order valence-electron chi connectivity index (χ2n) is 4.51. The third-order valence-electron chi connectivity index (χ3n) is 3.06. The molecule has 20 heavy (non-hydrogen) atoms. The fraction of sp³-hybridized carbons (Fsp3) is 0.286. The number of ether oxygens (including phenoxy) is 1. The van der Waals surface area contributed by atoms with E-state index in [0.717, 1.165) is 26.2 Å². The van der Waals surface area contributed by atoms with E-state index in [-0.39, 0.29) is 5.82 Å². The fourth-order valence-electron chi connectivity index (χ4n) is 2.03. The summed E-state index contributed by atoms with van der Waals surface area (Å²) in [6.45, 7) is 3.69. The van der Waals surface area contributed by atoms with Gasteiger partial charge in [0.15, 0.2) is 5.75 Å². The first-order chi connectivity index (χ1) is 9.81. The number of halogens is 1. The first-order valence-corrected chi connectivity index (χ1v) is 6.52. The lowest BCUT2D eigenvalue weighted by Crippen LogP contribution is -2.44. The van der Waals surface area contributed by atoms with Crippen molar-refractivity contribution in [2.24, 2.45) is 0 Å². The Balaban J connectivity index is 1.67. The largest absolute Gasteiger partial charge is 0.454 e. The number of aromatic nitrogens is 2. The molecule has 0 unspecified atom stereocenters. The van der Waals surface area contributed by atoms with Gasteiger partial charge in [0.2, 0.25) is 5.95 Å². The summed E-state index contributed by atoms with van der Waals surface area (Å²) in [7, 11) is 0. The van der Waals surface area contributed by atoms with Crippen molar-refractivity contribution >= 4 is 5.95 Å². The number of piperazine rings is 1. The molecule has 1 aromatic heterocycles. The molecule has 0 saturated carbocycles. The Morgan fingerprint density at radius 2 is 1.65 bits per heavy atom. The first kappa shape index (κ1) is 12.8. The van der Waals surface area contributed by atoms with Crippen LogP contribution in [0, 0.1) is 5.82 Å².